The number of benzene rings is 1. The fourth-order valence-corrected chi connectivity index (χ4v) is 2.15. The number of hydrogen-bond acceptors (Lipinski definition) is 1. The van der Waals surface area contributed by atoms with Crippen LogP contribution in [-0.4, -0.2) is 9.55 Å². The molecule has 21 heavy (non-hydrogen) atoms. The molecule has 114 valence electrons. The summed E-state index contributed by atoms with van der Waals surface area (Å²) in [6.45, 7) is 0. The van der Waals surface area contributed by atoms with Crippen molar-refractivity contribution in [2.24, 2.45) is 7.05 Å². The second-order valence-electron chi connectivity index (χ2n) is 4.25. The Labute approximate surface area is 123 Å². The highest BCUT2D eigenvalue weighted by atomic mass is 79.9. The first-order chi connectivity index (χ1) is 9.50. The monoisotopic (exact) mass is 372 g/mol. The SMILES string of the molecule is Cn1cc(C(F)(F)F)nc1-c1cc(C(F)(F)F)ccc1Br. The Morgan fingerprint density at radius 1 is 1.05 bits per heavy atom. The van der Waals surface area contributed by atoms with E-state index in [9.17, 15) is 26.3 Å². The first-order valence-corrected chi connectivity index (χ1v) is 6.27. The van der Waals surface area contributed by atoms with Gasteiger partial charge in [-0.3, -0.25) is 0 Å². The minimum absolute atomic E-state index is 0.0668. The fourth-order valence-electron chi connectivity index (χ4n) is 1.73. The highest BCUT2D eigenvalue weighted by molar-refractivity contribution is 9.10. The molecule has 2 rings (SSSR count). The first kappa shape index (κ1) is 15.9. The molecule has 0 saturated heterocycles. The van der Waals surface area contributed by atoms with E-state index in [1.807, 2.05) is 0 Å². The lowest BCUT2D eigenvalue weighted by atomic mass is 10.1. The van der Waals surface area contributed by atoms with E-state index < -0.39 is 23.6 Å². The minimum atomic E-state index is -4.66. The third kappa shape index (κ3) is 3.22. The standard InChI is InChI=1S/C12H7BrF6N2/c1-21-5-9(12(17,18)19)20-10(21)7-4-6(11(14,15)16)2-3-8(7)13/h2-5H,1H3. The molecule has 0 aliphatic heterocycles. The molecular formula is C12H7BrF6N2. The molecular weight excluding hydrogens is 366 g/mol. The molecule has 1 aromatic heterocycles. The van der Waals surface area contributed by atoms with Crippen LogP contribution in [0.4, 0.5) is 26.3 Å². The third-order valence-corrected chi connectivity index (χ3v) is 3.39. The molecule has 1 heterocycles. The highest BCUT2D eigenvalue weighted by Crippen LogP contribution is 2.37. The molecule has 0 N–H and O–H groups in total. The van der Waals surface area contributed by atoms with Crippen molar-refractivity contribution in [2.45, 2.75) is 12.4 Å². The van der Waals surface area contributed by atoms with Gasteiger partial charge in [-0.2, -0.15) is 26.3 Å². The van der Waals surface area contributed by atoms with Crippen LogP contribution in [0.2, 0.25) is 0 Å². The van der Waals surface area contributed by atoms with Gasteiger partial charge in [0.1, 0.15) is 5.82 Å². The Hall–Kier alpha value is -1.51. The van der Waals surface area contributed by atoms with Crippen LogP contribution in [0.15, 0.2) is 28.9 Å². The maximum atomic E-state index is 12.7. The Kier molecular flexibility index (Phi) is 3.81. The van der Waals surface area contributed by atoms with Gasteiger partial charge in [-0.1, -0.05) is 15.9 Å². The second-order valence-corrected chi connectivity index (χ2v) is 5.11. The van der Waals surface area contributed by atoms with Crippen molar-refractivity contribution in [3.05, 3.63) is 40.1 Å². The number of imidazole rings is 1. The lowest BCUT2D eigenvalue weighted by Gasteiger charge is -2.10. The summed E-state index contributed by atoms with van der Waals surface area (Å²) < 4.78 is 77.1. The molecule has 0 unspecified atom stereocenters. The zero-order valence-electron chi connectivity index (χ0n) is 10.3. The van der Waals surface area contributed by atoms with Gasteiger partial charge in [0.25, 0.3) is 0 Å². The maximum Gasteiger partial charge on any atom is 0.434 e. The predicted molar refractivity (Wildman–Crippen MR) is 66.3 cm³/mol. The van der Waals surface area contributed by atoms with E-state index in [1.165, 1.54) is 7.05 Å². The van der Waals surface area contributed by atoms with Crippen LogP contribution in [0.25, 0.3) is 11.4 Å². The largest absolute Gasteiger partial charge is 0.434 e. The van der Waals surface area contributed by atoms with Crippen molar-refractivity contribution in [3.8, 4) is 11.4 Å². The lowest BCUT2D eigenvalue weighted by molar-refractivity contribution is -0.141. The highest BCUT2D eigenvalue weighted by Gasteiger charge is 2.35. The Morgan fingerprint density at radius 3 is 2.14 bits per heavy atom. The Bertz CT molecular complexity index is 671. The maximum absolute atomic E-state index is 12.7. The van der Waals surface area contributed by atoms with E-state index in [0.717, 1.165) is 29.0 Å². The zero-order chi connectivity index (χ0) is 16.0. The van der Waals surface area contributed by atoms with Crippen molar-refractivity contribution in [1.29, 1.82) is 0 Å². The van der Waals surface area contributed by atoms with Gasteiger partial charge in [0, 0.05) is 23.3 Å². The van der Waals surface area contributed by atoms with Gasteiger partial charge in [-0.15, -0.1) is 0 Å². The van der Waals surface area contributed by atoms with Crippen LogP contribution >= 0.6 is 15.9 Å². The molecule has 0 bridgehead atoms. The Balaban J connectivity index is 2.59. The summed E-state index contributed by atoms with van der Waals surface area (Å²) in [5, 5.41) is 0. The summed E-state index contributed by atoms with van der Waals surface area (Å²) in [4.78, 5) is 3.38. The van der Waals surface area contributed by atoms with Gasteiger partial charge >= 0.3 is 12.4 Å². The number of rotatable bonds is 1. The van der Waals surface area contributed by atoms with E-state index >= 15 is 0 Å². The van der Waals surface area contributed by atoms with Crippen molar-refractivity contribution >= 4 is 15.9 Å². The summed E-state index contributed by atoms with van der Waals surface area (Å²) in [6.07, 6.45) is -8.53. The third-order valence-electron chi connectivity index (χ3n) is 2.70. The summed E-state index contributed by atoms with van der Waals surface area (Å²) in [6, 6.07) is 2.72. The van der Waals surface area contributed by atoms with Crippen molar-refractivity contribution < 1.29 is 26.3 Å². The average molecular weight is 373 g/mol. The van der Waals surface area contributed by atoms with Crippen LogP contribution in [0.1, 0.15) is 11.3 Å². The van der Waals surface area contributed by atoms with Crippen molar-refractivity contribution in [1.82, 2.24) is 9.55 Å². The van der Waals surface area contributed by atoms with Crippen LogP contribution < -0.4 is 0 Å². The van der Waals surface area contributed by atoms with E-state index in [0.29, 0.717) is 0 Å². The second kappa shape index (κ2) is 5.04. The van der Waals surface area contributed by atoms with E-state index in [-0.39, 0.29) is 15.9 Å². The number of nitrogens with zero attached hydrogens (tertiary/aromatic N) is 2. The number of aryl methyl sites for hydroxylation is 1. The van der Waals surface area contributed by atoms with Crippen LogP contribution in [0, 0.1) is 0 Å². The molecule has 2 nitrogen and oxygen atoms in total. The van der Waals surface area contributed by atoms with Crippen molar-refractivity contribution in [3.63, 3.8) is 0 Å². The molecule has 0 fully saturated rings. The number of aromatic nitrogens is 2. The number of alkyl halides is 6. The van der Waals surface area contributed by atoms with E-state index in [2.05, 4.69) is 20.9 Å². The normalized spacial score (nSPS) is 12.8. The van der Waals surface area contributed by atoms with E-state index in [1.54, 1.807) is 0 Å². The summed E-state index contributed by atoms with van der Waals surface area (Å²) in [7, 11) is 1.28. The van der Waals surface area contributed by atoms with Gasteiger partial charge in [0.15, 0.2) is 5.69 Å². The van der Waals surface area contributed by atoms with Gasteiger partial charge in [0.05, 0.1) is 5.56 Å². The number of hydrogen-bond donors (Lipinski definition) is 0. The molecule has 0 aliphatic carbocycles. The summed E-state index contributed by atoms with van der Waals surface area (Å²) in [5.41, 5.74) is -2.19. The summed E-state index contributed by atoms with van der Waals surface area (Å²) in [5.74, 6) is -0.208. The topological polar surface area (TPSA) is 17.8 Å². The molecule has 0 spiro atoms. The van der Waals surface area contributed by atoms with Gasteiger partial charge < -0.3 is 4.57 Å². The molecule has 0 radical (unpaired) electrons. The zero-order valence-corrected chi connectivity index (χ0v) is 11.9. The van der Waals surface area contributed by atoms with E-state index in [4.69, 9.17) is 0 Å². The predicted octanol–water partition coefficient (Wildman–Crippen LogP) is 4.89. The number of halogens is 7. The fraction of sp³-hybridized carbons (Fsp3) is 0.250. The van der Waals surface area contributed by atoms with Gasteiger partial charge in [0.2, 0.25) is 0 Å². The molecule has 9 heteroatoms. The molecule has 0 saturated carbocycles. The van der Waals surface area contributed by atoms with Crippen LogP contribution in [0.3, 0.4) is 0 Å². The smallest absolute Gasteiger partial charge is 0.333 e. The average Bonchev–Trinajstić information content (AvgIpc) is 2.70. The molecule has 2 aromatic rings. The molecule has 0 aliphatic rings. The Morgan fingerprint density at radius 2 is 1.67 bits per heavy atom. The van der Waals surface area contributed by atoms with Crippen LogP contribution in [0.5, 0.6) is 0 Å². The molecule has 0 atom stereocenters. The quantitative estimate of drug-likeness (QED) is 0.652. The van der Waals surface area contributed by atoms with Crippen molar-refractivity contribution in [2.75, 3.05) is 0 Å². The van der Waals surface area contributed by atoms with Crippen LogP contribution in [-0.2, 0) is 19.4 Å². The molecule has 1 aromatic carbocycles. The minimum Gasteiger partial charge on any atom is -0.333 e. The van der Waals surface area contributed by atoms with Gasteiger partial charge in [-0.05, 0) is 18.2 Å². The lowest BCUT2D eigenvalue weighted by Crippen LogP contribution is -2.06. The van der Waals surface area contributed by atoms with Gasteiger partial charge in [-0.25, -0.2) is 4.98 Å². The first-order valence-electron chi connectivity index (χ1n) is 5.48. The molecule has 0 amide bonds. The summed E-state index contributed by atoms with van der Waals surface area (Å²) >= 11 is 3.03.